The van der Waals surface area contributed by atoms with E-state index in [4.69, 9.17) is 4.74 Å². The predicted octanol–water partition coefficient (Wildman–Crippen LogP) is 1.70. The number of likely N-dealkylation sites (N-methyl/N-ethyl adjacent to an activating group) is 1. The largest absolute Gasteiger partial charge is 0.478 e. The summed E-state index contributed by atoms with van der Waals surface area (Å²) in [5, 5.41) is 0. The molecule has 0 radical (unpaired) electrons. The van der Waals surface area contributed by atoms with E-state index in [-0.39, 0.29) is 6.23 Å². The Bertz CT molecular complexity index is 174. The van der Waals surface area contributed by atoms with Crippen molar-refractivity contribution in [2.45, 2.75) is 6.23 Å². The van der Waals surface area contributed by atoms with Gasteiger partial charge in [0.2, 0.25) is 0 Å². The standard InChI is InChI=1S/C7H10BrNO/c1-9(2)7-6(8)4-3-5-10-7/h3-5,7H,1-2H3. The SMILES string of the molecule is CN(C)C1OC=CC=C1Br. The quantitative estimate of drug-likeness (QED) is 0.644. The average Bonchev–Trinajstić information content (AvgIpc) is 1.88. The van der Waals surface area contributed by atoms with E-state index >= 15 is 0 Å². The normalized spacial score (nSPS) is 24.4. The molecule has 10 heavy (non-hydrogen) atoms. The average molecular weight is 204 g/mol. The maximum absolute atomic E-state index is 5.28. The van der Waals surface area contributed by atoms with Crippen molar-refractivity contribution in [1.29, 1.82) is 0 Å². The van der Waals surface area contributed by atoms with Crippen LogP contribution >= 0.6 is 15.9 Å². The van der Waals surface area contributed by atoms with Crippen molar-refractivity contribution in [2.75, 3.05) is 14.1 Å². The summed E-state index contributed by atoms with van der Waals surface area (Å²) in [5.41, 5.74) is 0. The third-order valence-electron chi connectivity index (χ3n) is 1.25. The molecule has 1 rings (SSSR count). The molecule has 0 spiro atoms. The Morgan fingerprint density at radius 3 is 2.70 bits per heavy atom. The van der Waals surface area contributed by atoms with Crippen LogP contribution in [0.3, 0.4) is 0 Å². The number of ether oxygens (including phenoxy) is 1. The van der Waals surface area contributed by atoms with E-state index < -0.39 is 0 Å². The van der Waals surface area contributed by atoms with Gasteiger partial charge in [0.25, 0.3) is 0 Å². The van der Waals surface area contributed by atoms with Crippen LogP contribution in [0.4, 0.5) is 0 Å². The highest BCUT2D eigenvalue weighted by Crippen LogP contribution is 2.19. The maximum Gasteiger partial charge on any atom is 0.184 e. The summed E-state index contributed by atoms with van der Waals surface area (Å²) in [6, 6.07) is 0. The van der Waals surface area contributed by atoms with E-state index in [1.54, 1.807) is 6.26 Å². The second-order valence-electron chi connectivity index (χ2n) is 2.33. The van der Waals surface area contributed by atoms with Gasteiger partial charge in [0, 0.05) is 0 Å². The molecule has 2 nitrogen and oxygen atoms in total. The van der Waals surface area contributed by atoms with Crippen LogP contribution < -0.4 is 0 Å². The van der Waals surface area contributed by atoms with Gasteiger partial charge < -0.3 is 4.74 Å². The zero-order valence-corrected chi connectivity index (χ0v) is 7.63. The van der Waals surface area contributed by atoms with Crippen molar-refractivity contribution in [1.82, 2.24) is 4.90 Å². The summed E-state index contributed by atoms with van der Waals surface area (Å²) in [6.07, 6.45) is 5.58. The summed E-state index contributed by atoms with van der Waals surface area (Å²) in [4.78, 5) is 1.99. The number of halogens is 1. The van der Waals surface area contributed by atoms with Crippen LogP contribution in [-0.2, 0) is 4.74 Å². The van der Waals surface area contributed by atoms with Crippen molar-refractivity contribution in [3.63, 3.8) is 0 Å². The van der Waals surface area contributed by atoms with Crippen LogP contribution in [0.5, 0.6) is 0 Å². The van der Waals surface area contributed by atoms with Gasteiger partial charge in [-0.25, -0.2) is 0 Å². The van der Waals surface area contributed by atoms with Gasteiger partial charge in [-0.2, -0.15) is 0 Å². The fourth-order valence-corrected chi connectivity index (χ4v) is 1.44. The van der Waals surface area contributed by atoms with Crippen molar-refractivity contribution in [2.24, 2.45) is 0 Å². The lowest BCUT2D eigenvalue weighted by molar-refractivity contribution is 0.0594. The van der Waals surface area contributed by atoms with Crippen molar-refractivity contribution >= 4 is 15.9 Å². The number of hydrogen-bond donors (Lipinski definition) is 0. The molecule has 1 aliphatic rings. The van der Waals surface area contributed by atoms with Crippen molar-refractivity contribution in [3.05, 3.63) is 22.9 Å². The molecule has 0 N–H and O–H groups in total. The molecule has 0 aromatic rings. The Kier molecular flexibility index (Phi) is 2.51. The molecular weight excluding hydrogens is 194 g/mol. The Hall–Kier alpha value is -0.280. The molecule has 1 atom stereocenters. The topological polar surface area (TPSA) is 12.5 Å². The molecule has 0 aliphatic carbocycles. The van der Waals surface area contributed by atoms with Crippen LogP contribution in [-0.4, -0.2) is 25.2 Å². The van der Waals surface area contributed by atoms with Gasteiger partial charge >= 0.3 is 0 Å². The third kappa shape index (κ3) is 1.61. The van der Waals surface area contributed by atoms with E-state index in [0.717, 1.165) is 4.48 Å². The Labute approximate surface area is 69.3 Å². The predicted molar refractivity (Wildman–Crippen MR) is 44.7 cm³/mol. The first-order valence-corrected chi connectivity index (χ1v) is 3.85. The van der Waals surface area contributed by atoms with Gasteiger partial charge in [0.1, 0.15) is 0 Å². The highest BCUT2D eigenvalue weighted by atomic mass is 79.9. The highest BCUT2D eigenvalue weighted by Gasteiger charge is 2.15. The van der Waals surface area contributed by atoms with Crippen molar-refractivity contribution < 1.29 is 4.74 Å². The van der Waals surface area contributed by atoms with Crippen LogP contribution in [0.15, 0.2) is 22.9 Å². The first-order chi connectivity index (χ1) is 4.72. The molecule has 1 heterocycles. The minimum absolute atomic E-state index is 0.0463. The second-order valence-corrected chi connectivity index (χ2v) is 3.25. The molecule has 56 valence electrons. The van der Waals surface area contributed by atoms with E-state index in [1.165, 1.54) is 0 Å². The summed E-state index contributed by atoms with van der Waals surface area (Å²) in [7, 11) is 3.94. The minimum atomic E-state index is 0.0463. The summed E-state index contributed by atoms with van der Waals surface area (Å²) < 4.78 is 6.34. The molecule has 0 amide bonds. The zero-order chi connectivity index (χ0) is 7.56. The van der Waals surface area contributed by atoms with Gasteiger partial charge in [0.05, 0.1) is 10.7 Å². The second kappa shape index (κ2) is 3.21. The zero-order valence-electron chi connectivity index (χ0n) is 6.04. The summed E-state index contributed by atoms with van der Waals surface area (Å²) in [6.45, 7) is 0. The van der Waals surface area contributed by atoms with Crippen LogP contribution in [0.2, 0.25) is 0 Å². The monoisotopic (exact) mass is 203 g/mol. The number of rotatable bonds is 1. The lowest BCUT2D eigenvalue weighted by atomic mass is 10.4. The highest BCUT2D eigenvalue weighted by molar-refractivity contribution is 9.11. The molecule has 0 aromatic carbocycles. The third-order valence-corrected chi connectivity index (χ3v) is 1.90. The summed E-state index contributed by atoms with van der Waals surface area (Å²) in [5.74, 6) is 0. The fourth-order valence-electron chi connectivity index (χ4n) is 0.767. The molecule has 0 fully saturated rings. The first-order valence-electron chi connectivity index (χ1n) is 3.06. The van der Waals surface area contributed by atoms with E-state index in [1.807, 2.05) is 31.1 Å². The molecule has 0 saturated heterocycles. The molecule has 0 saturated carbocycles. The lowest BCUT2D eigenvalue weighted by Gasteiger charge is -2.24. The molecule has 0 aromatic heterocycles. The van der Waals surface area contributed by atoms with Crippen LogP contribution in [0.25, 0.3) is 0 Å². The number of allylic oxidation sites excluding steroid dienone is 2. The lowest BCUT2D eigenvalue weighted by Crippen LogP contribution is -2.30. The minimum Gasteiger partial charge on any atom is -0.478 e. The summed E-state index contributed by atoms with van der Waals surface area (Å²) >= 11 is 3.40. The van der Waals surface area contributed by atoms with E-state index in [9.17, 15) is 0 Å². The fraction of sp³-hybridized carbons (Fsp3) is 0.429. The van der Waals surface area contributed by atoms with Crippen molar-refractivity contribution in [3.8, 4) is 0 Å². The maximum atomic E-state index is 5.28. The molecule has 1 unspecified atom stereocenters. The van der Waals surface area contributed by atoms with E-state index in [2.05, 4.69) is 15.9 Å². The van der Waals surface area contributed by atoms with E-state index in [0.29, 0.717) is 0 Å². The number of nitrogens with zero attached hydrogens (tertiary/aromatic N) is 1. The Balaban J connectivity index is 2.64. The first kappa shape index (κ1) is 7.82. The molecule has 0 bridgehead atoms. The molecule has 3 heteroatoms. The Morgan fingerprint density at radius 1 is 1.60 bits per heavy atom. The van der Waals surface area contributed by atoms with Gasteiger partial charge in [-0.1, -0.05) is 15.9 Å². The van der Waals surface area contributed by atoms with Gasteiger partial charge in [-0.05, 0) is 26.2 Å². The van der Waals surface area contributed by atoms with Crippen LogP contribution in [0.1, 0.15) is 0 Å². The smallest absolute Gasteiger partial charge is 0.184 e. The number of hydrogen-bond acceptors (Lipinski definition) is 2. The Morgan fingerprint density at radius 2 is 2.30 bits per heavy atom. The molecule has 1 aliphatic heterocycles. The van der Waals surface area contributed by atoms with Crippen LogP contribution in [0, 0.1) is 0 Å². The molecular formula is C7H10BrNO. The van der Waals surface area contributed by atoms with Gasteiger partial charge in [-0.3, -0.25) is 4.90 Å². The van der Waals surface area contributed by atoms with Gasteiger partial charge in [-0.15, -0.1) is 0 Å². The van der Waals surface area contributed by atoms with Gasteiger partial charge in [0.15, 0.2) is 6.23 Å².